The number of hydrogen-bond acceptors (Lipinski definition) is 3. The van der Waals surface area contributed by atoms with Crippen LogP contribution in [0.5, 0.6) is 5.75 Å². The Morgan fingerprint density at radius 2 is 1.62 bits per heavy atom. The second-order valence-electron chi connectivity index (χ2n) is 7.80. The van der Waals surface area contributed by atoms with E-state index in [9.17, 15) is 9.59 Å². The molecule has 0 heterocycles. The predicted molar refractivity (Wildman–Crippen MR) is 126 cm³/mol. The summed E-state index contributed by atoms with van der Waals surface area (Å²) in [7, 11) is 3.22. The van der Waals surface area contributed by atoms with Gasteiger partial charge in [-0.2, -0.15) is 0 Å². The molecule has 32 heavy (non-hydrogen) atoms. The first-order chi connectivity index (χ1) is 15.5. The molecule has 0 aliphatic rings. The Hall–Kier alpha value is -3.60. The number of likely N-dealkylation sites (N-methyl/N-ethyl adjacent to an activating group) is 1. The lowest BCUT2D eigenvalue weighted by Crippen LogP contribution is -2.50. The van der Waals surface area contributed by atoms with E-state index in [0.717, 1.165) is 22.3 Å². The number of methoxy groups -OCH3 is 1. The number of ether oxygens (including phenoxy) is 1. The lowest BCUT2D eigenvalue weighted by molar-refractivity contribution is -0.140. The van der Waals surface area contributed by atoms with Gasteiger partial charge < -0.3 is 15.0 Å². The molecule has 0 aromatic heterocycles. The SMILES string of the molecule is CNC(=O)[C@@H](Cc1ccccc1)N(Cc1cccc(OC)c1)C(=O)Cc1ccccc1C. The molecule has 3 aromatic carbocycles. The van der Waals surface area contributed by atoms with Crippen LogP contribution in [-0.2, 0) is 29.0 Å². The summed E-state index contributed by atoms with van der Waals surface area (Å²) in [5, 5.41) is 2.75. The van der Waals surface area contributed by atoms with Crippen molar-refractivity contribution >= 4 is 11.8 Å². The van der Waals surface area contributed by atoms with Crippen molar-refractivity contribution in [2.45, 2.75) is 32.4 Å². The van der Waals surface area contributed by atoms with Crippen LogP contribution in [0.2, 0.25) is 0 Å². The van der Waals surface area contributed by atoms with Gasteiger partial charge in [-0.05, 0) is 41.3 Å². The number of hydrogen-bond donors (Lipinski definition) is 1. The molecular formula is C27H30N2O3. The van der Waals surface area contributed by atoms with Crippen LogP contribution < -0.4 is 10.1 Å². The molecule has 0 unspecified atom stereocenters. The summed E-state index contributed by atoms with van der Waals surface area (Å²) in [4.78, 5) is 28.2. The van der Waals surface area contributed by atoms with Crippen LogP contribution in [0.25, 0.3) is 0 Å². The van der Waals surface area contributed by atoms with Gasteiger partial charge in [-0.1, -0.05) is 66.7 Å². The smallest absolute Gasteiger partial charge is 0.242 e. The van der Waals surface area contributed by atoms with Gasteiger partial charge in [0.25, 0.3) is 0 Å². The first-order valence-electron chi connectivity index (χ1n) is 10.7. The number of carbonyl (C=O) groups excluding carboxylic acids is 2. The quantitative estimate of drug-likeness (QED) is 0.560. The maximum absolute atomic E-state index is 13.6. The van der Waals surface area contributed by atoms with Crippen molar-refractivity contribution in [1.82, 2.24) is 10.2 Å². The van der Waals surface area contributed by atoms with Crippen LogP contribution in [0.3, 0.4) is 0 Å². The summed E-state index contributed by atoms with van der Waals surface area (Å²) < 4.78 is 5.35. The molecule has 0 saturated heterocycles. The van der Waals surface area contributed by atoms with Gasteiger partial charge in [0.15, 0.2) is 0 Å². The molecule has 0 aliphatic carbocycles. The second-order valence-corrected chi connectivity index (χ2v) is 7.80. The molecule has 0 bridgehead atoms. The van der Waals surface area contributed by atoms with Crippen LogP contribution in [0.15, 0.2) is 78.9 Å². The van der Waals surface area contributed by atoms with Crippen molar-refractivity contribution in [3.8, 4) is 5.75 Å². The van der Waals surface area contributed by atoms with Gasteiger partial charge in [0.2, 0.25) is 11.8 Å². The van der Waals surface area contributed by atoms with Gasteiger partial charge >= 0.3 is 0 Å². The molecule has 0 aliphatic heterocycles. The van der Waals surface area contributed by atoms with Crippen LogP contribution in [0.4, 0.5) is 0 Å². The van der Waals surface area contributed by atoms with E-state index < -0.39 is 6.04 Å². The van der Waals surface area contributed by atoms with Gasteiger partial charge in [0.1, 0.15) is 11.8 Å². The fourth-order valence-corrected chi connectivity index (χ4v) is 3.76. The number of amides is 2. The van der Waals surface area contributed by atoms with Crippen LogP contribution in [-0.4, -0.2) is 36.9 Å². The highest BCUT2D eigenvalue weighted by Crippen LogP contribution is 2.20. The van der Waals surface area contributed by atoms with Crippen molar-refractivity contribution < 1.29 is 14.3 Å². The van der Waals surface area contributed by atoms with Gasteiger partial charge in [0, 0.05) is 20.0 Å². The lowest BCUT2D eigenvalue weighted by Gasteiger charge is -2.31. The fraction of sp³-hybridized carbons (Fsp3) is 0.259. The summed E-state index contributed by atoms with van der Waals surface area (Å²) in [6.07, 6.45) is 0.670. The average molecular weight is 431 g/mol. The summed E-state index contributed by atoms with van der Waals surface area (Å²) >= 11 is 0. The topological polar surface area (TPSA) is 58.6 Å². The molecule has 3 rings (SSSR count). The largest absolute Gasteiger partial charge is 0.497 e. The molecule has 0 saturated carbocycles. The highest BCUT2D eigenvalue weighted by molar-refractivity contribution is 5.88. The Morgan fingerprint density at radius 3 is 2.31 bits per heavy atom. The van der Waals surface area contributed by atoms with Crippen LogP contribution in [0, 0.1) is 6.92 Å². The Bertz CT molecular complexity index is 1050. The summed E-state index contributed by atoms with van der Waals surface area (Å²) in [6, 6.07) is 24.6. The van der Waals surface area contributed by atoms with Crippen molar-refractivity contribution in [3.63, 3.8) is 0 Å². The molecule has 0 radical (unpaired) electrons. The molecule has 1 atom stereocenters. The van der Waals surface area contributed by atoms with Crippen LogP contribution >= 0.6 is 0 Å². The number of nitrogens with zero attached hydrogens (tertiary/aromatic N) is 1. The molecule has 5 nitrogen and oxygen atoms in total. The molecule has 2 amide bonds. The third kappa shape index (κ3) is 5.97. The summed E-state index contributed by atoms with van der Waals surface area (Å²) in [5.74, 6) is 0.440. The van der Waals surface area contributed by atoms with Crippen molar-refractivity contribution in [2.75, 3.05) is 14.2 Å². The standard InChI is InChI=1S/C27H30N2O3/c1-20-10-7-8-14-23(20)18-26(30)29(19-22-13-9-15-24(16-22)32-3)25(27(31)28-2)17-21-11-5-4-6-12-21/h4-16,25H,17-19H2,1-3H3,(H,28,31)/t25-/m1/s1. The van der Waals surface area contributed by atoms with Gasteiger partial charge in [0.05, 0.1) is 13.5 Å². The highest BCUT2D eigenvalue weighted by atomic mass is 16.5. The molecule has 3 aromatic rings. The maximum atomic E-state index is 13.6. The number of aryl methyl sites for hydroxylation is 1. The summed E-state index contributed by atoms with van der Waals surface area (Å²) in [6.45, 7) is 2.31. The van der Waals surface area contributed by atoms with Crippen molar-refractivity contribution in [3.05, 3.63) is 101 Å². The minimum Gasteiger partial charge on any atom is -0.497 e. The number of carbonyl (C=O) groups is 2. The van der Waals surface area contributed by atoms with E-state index in [1.807, 2.05) is 85.8 Å². The van der Waals surface area contributed by atoms with E-state index in [1.165, 1.54) is 0 Å². The zero-order valence-corrected chi connectivity index (χ0v) is 18.9. The molecule has 0 spiro atoms. The molecule has 5 heteroatoms. The average Bonchev–Trinajstić information content (AvgIpc) is 2.83. The first-order valence-corrected chi connectivity index (χ1v) is 10.7. The normalized spacial score (nSPS) is 11.5. The molecule has 1 N–H and O–H groups in total. The molecular weight excluding hydrogens is 400 g/mol. The lowest BCUT2D eigenvalue weighted by atomic mass is 10.0. The highest BCUT2D eigenvalue weighted by Gasteiger charge is 2.30. The van der Waals surface area contributed by atoms with Gasteiger partial charge in [-0.15, -0.1) is 0 Å². The first kappa shape index (κ1) is 23.1. The van der Waals surface area contributed by atoms with E-state index in [0.29, 0.717) is 18.7 Å². The van der Waals surface area contributed by atoms with Crippen molar-refractivity contribution in [2.24, 2.45) is 0 Å². The Morgan fingerprint density at radius 1 is 0.938 bits per heavy atom. The summed E-state index contributed by atoms with van der Waals surface area (Å²) in [5.41, 5.74) is 3.93. The zero-order valence-electron chi connectivity index (χ0n) is 18.9. The monoisotopic (exact) mass is 430 g/mol. The Kier molecular flexibility index (Phi) is 8.03. The Balaban J connectivity index is 1.96. The predicted octanol–water partition coefficient (Wildman–Crippen LogP) is 3.93. The maximum Gasteiger partial charge on any atom is 0.242 e. The molecule has 0 fully saturated rings. The Labute approximate surface area is 190 Å². The van der Waals surface area contributed by atoms with E-state index >= 15 is 0 Å². The van der Waals surface area contributed by atoms with Crippen LogP contribution in [0.1, 0.15) is 22.3 Å². The van der Waals surface area contributed by atoms with Crippen molar-refractivity contribution in [1.29, 1.82) is 0 Å². The van der Waals surface area contributed by atoms with Gasteiger partial charge in [-0.3, -0.25) is 9.59 Å². The minimum absolute atomic E-state index is 0.0911. The zero-order chi connectivity index (χ0) is 22.9. The van der Waals surface area contributed by atoms with E-state index in [4.69, 9.17) is 4.74 Å². The number of benzene rings is 3. The second kappa shape index (κ2) is 11.1. The number of nitrogens with one attached hydrogen (secondary N) is 1. The minimum atomic E-state index is -0.634. The molecule has 166 valence electrons. The fourth-order valence-electron chi connectivity index (χ4n) is 3.76. The van der Waals surface area contributed by atoms with E-state index in [1.54, 1.807) is 19.1 Å². The van der Waals surface area contributed by atoms with E-state index in [-0.39, 0.29) is 18.2 Å². The third-order valence-corrected chi connectivity index (χ3v) is 5.61. The number of rotatable bonds is 9. The third-order valence-electron chi connectivity index (χ3n) is 5.61. The van der Waals surface area contributed by atoms with E-state index in [2.05, 4.69) is 5.32 Å². The van der Waals surface area contributed by atoms with Gasteiger partial charge in [-0.25, -0.2) is 0 Å².